The van der Waals surface area contributed by atoms with Crippen LogP contribution in [0.2, 0.25) is 0 Å². The largest absolute Gasteiger partial charge is 0.481 e. The standard InChI is InChI=1S/C18H22N2O4S/c1-9-6-7-12-13(8-9)25-17(14(12)15(19)21)20-16(22)10-4-2-3-5-11(10)18(23)24/h2-3,9-11H,4-8H2,1H3,(H2,19,21)(H,20,22)(H,23,24)/t9-,10+,11-/m1/s1. The van der Waals surface area contributed by atoms with Crippen LogP contribution in [0.5, 0.6) is 0 Å². The van der Waals surface area contributed by atoms with Gasteiger partial charge in [-0.25, -0.2) is 0 Å². The summed E-state index contributed by atoms with van der Waals surface area (Å²) in [5.41, 5.74) is 6.91. The third-order valence-electron chi connectivity index (χ3n) is 5.08. The molecule has 0 aromatic carbocycles. The lowest BCUT2D eigenvalue weighted by Gasteiger charge is -2.24. The molecule has 3 rings (SSSR count). The number of carboxylic acid groups (broad SMARTS) is 1. The fraction of sp³-hybridized carbons (Fsp3) is 0.500. The molecule has 1 aromatic rings. The Hall–Kier alpha value is -2.15. The highest BCUT2D eigenvalue weighted by Crippen LogP contribution is 2.40. The highest BCUT2D eigenvalue weighted by molar-refractivity contribution is 7.17. The number of carbonyl (C=O) groups excluding carboxylic acids is 2. The molecule has 134 valence electrons. The monoisotopic (exact) mass is 362 g/mol. The first-order chi connectivity index (χ1) is 11.9. The molecule has 3 atom stereocenters. The van der Waals surface area contributed by atoms with Gasteiger partial charge in [-0.3, -0.25) is 14.4 Å². The summed E-state index contributed by atoms with van der Waals surface area (Å²) >= 11 is 1.40. The zero-order valence-electron chi connectivity index (χ0n) is 14.1. The van der Waals surface area contributed by atoms with Gasteiger partial charge in [0.05, 0.1) is 17.4 Å². The lowest BCUT2D eigenvalue weighted by atomic mass is 9.82. The number of nitrogens with two attached hydrogens (primary N) is 1. The van der Waals surface area contributed by atoms with Crippen molar-refractivity contribution < 1.29 is 19.5 Å². The van der Waals surface area contributed by atoms with Crippen molar-refractivity contribution in [2.45, 2.75) is 39.0 Å². The van der Waals surface area contributed by atoms with Crippen LogP contribution in [0.15, 0.2) is 12.2 Å². The molecule has 0 fully saturated rings. The Morgan fingerprint density at radius 1 is 1.24 bits per heavy atom. The summed E-state index contributed by atoms with van der Waals surface area (Å²) < 4.78 is 0. The van der Waals surface area contributed by atoms with Crippen LogP contribution in [0.25, 0.3) is 0 Å². The Morgan fingerprint density at radius 2 is 1.92 bits per heavy atom. The number of hydrogen-bond acceptors (Lipinski definition) is 4. The van der Waals surface area contributed by atoms with E-state index < -0.39 is 23.7 Å². The van der Waals surface area contributed by atoms with E-state index in [0.717, 1.165) is 29.7 Å². The van der Waals surface area contributed by atoms with Crippen LogP contribution in [0.4, 0.5) is 5.00 Å². The van der Waals surface area contributed by atoms with Gasteiger partial charge in [0.2, 0.25) is 5.91 Å². The maximum atomic E-state index is 12.7. The van der Waals surface area contributed by atoms with E-state index in [2.05, 4.69) is 12.2 Å². The van der Waals surface area contributed by atoms with Crippen molar-refractivity contribution in [2.24, 2.45) is 23.5 Å². The lowest BCUT2D eigenvalue weighted by molar-refractivity contribution is -0.146. The average Bonchev–Trinajstić information content (AvgIpc) is 2.91. The van der Waals surface area contributed by atoms with Crippen molar-refractivity contribution in [1.82, 2.24) is 0 Å². The molecule has 4 N–H and O–H groups in total. The minimum atomic E-state index is -0.973. The van der Waals surface area contributed by atoms with Crippen LogP contribution in [-0.2, 0) is 22.4 Å². The number of allylic oxidation sites excluding steroid dienone is 2. The van der Waals surface area contributed by atoms with Crippen LogP contribution < -0.4 is 11.1 Å². The molecule has 1 heterocycles. The van der Waals surface area contributed by atoms with Gasteiger partial charge in [0, 0.05) is 4.88 Å². The molecule has 0 spiro atoms. The second-order valence-electron chi connectivity index (χ2n) is 6.90. The molecule has 2 amide bonds. The number of amides is 2. The second-order valence-corrected chi connectivity index (χ2v) is 8.01. The molecule has 0 saturated heterocycles. The number of fused-ring (bicyclic) bond motifs is 1. The number of thiophene rings is 1. The van der Waals surface area contributed by atoms with Crippen LogP contribution in [0, 0.1) is 17.8 Å². The van der Waals surface area contributed by atoms with Crippen molar-refractivity contribution in [1.29, 1.82) is 0 Å². The molecule has 0 bridgehead atoms. The number of hydrogen-bond donors (Lipinski definition) is 3. The van der Waals surface area contributed by atoms with E-state index in [9.17, 15) is 19.5 Å². The van der Waals surface area contributed by atoms with E-state index in [4.69, 9.17) is 5.73 Å². The Morgan fingerprint density at radius 3 is 2.56 bits per heavy atom. The smallest absolute Gasteiger partial charge is 0.307 e. The predicted molar refractivity (Wildman–Crippen MR) is 95.6 cm³/mol. The quantitative estimate of drug-likeness (QED) is 0.715. The summed E-state index contributed by atoms with van der Waals surface area (Å²) in [5.74, 6) is -2.71. The number of carbonyl (C=O) groups is 3. The van der Waals surface area contributed by atoms with E-state index in [0.29, 0.717) is 29.3 Å². The number of aliphatic carboxylic acids is 1. The van der Waals surface area contributed by atoms with Crippen LogP contribution >= 0.6 is 11.3 Å². The molecule has 2 aliphatic carbocycles. The van der Waals surface area contributed by atoms with Crippen molar-refractivity contribution >= 4 is 34.1 Å². The van der Waals surface area contributed by atoms with Gasteiger partial charge in [-0.1, -0.05) is 19.1 Å². The maximum Gasteiger partial charge on any atom is 0.307 e. The minimum absolute atomic E-state index is 0.342. The summed E-state index contributed by atoms with van der Waals surface area (Å²) in [6.07, 6.45) is 7.00. The first-order valence-corrected chi connectivity index (χ1v) is 9.33. The van der Waals surface area contributed by atoms with Gasteiger partial charge < -0.3 is 16.2 Å². The Labute approximate surface area is 150 Å². The third-order valence-corrected chi connectivity index (χ3v) is 6.25. The zero-order valence-corrected chi connectivity index (χ0v) is 14.9. The summed E-state index contributed by atoms with van der Waals surface area (Å²) in [5, 5.41) is 12.6. The van der Waals surface area contributed by atoms with Gasteiger partial charge in [0.15, 0.2) is 0 Å². The fourth-order valence-electron chi connectivity index (χ4n) is 3.68. The lowest BCUT2D eigenvalue weighted by Crippen LogP contribution is -2.35. The molecule has 0 aliphatic heterocycles. The van der Waals surface area contributed by atoms with Crippen LogP contribution in [-0.4, -0.2) is 22.9 Å². The minimum Gasteiger partial charge on any atom is -0.481 e. The van der Waals surface area contributed by atoms with E-state index in [1.165, 1.54) is 11.3 Å². The fourth-order valence-corrected chi connectivity index (χ4v) is 5.10. The molecule has 2 aliphatic rings. The highest BCUT2D eigenvalue weighted by atomic mass is 32.1. The molecule has 1 aromatic heterocycles. The van der Waals surface area contributed by atoms with Gasteiger partial charge >= 0.3 is 5.97 Å². The molecule has 0 saturated carbocycles. The van der Waals surface area contributed by atoms with Gasteiger partial charge in [0.25, 0.3) is 5.91 Å². The van der Waals surface area contributed by atoms with Crippen LogP contribution in [0.3, 0.4) is 0 Å². The summed E-state index contributed by atoms with van der Waals surface area (Å²) in [6, 6.07) is 0. The number of nitrogens with one attached hydrogen (secondary N) is 1. The van der Waals surface area contributed by atoms with E-state index in [-0.39, 0.29) is 5.91 Å². The van der Waals surface area contributed by atoms with Crippen molar-refractivity contribution in [2.75, 3.05) is 5.32 Å². The van der Waals surface area contributed by atoms with E-state index >= 15 is 0 Å². The third kappa shape index (κ3) is 3.46. The highest BCUT2D eigenvalue weighted by Gasteiger charge is 2.35. The molecule has 7 heteroatoms. The first-order valence-electron chi connectivity index (χ1n) is 8.51. The molecule has 6 nitrogen and oxygen atoms in total. The van der Waals surface area contributed by atoms with Crippen LogP contribution in [0.1, 0.15) is 47.0 Å². The number of primary amides is 1. The first kappa shape index (κ1) is 17.7. The van der Waals surface area contributed by atoms with Gasteiger partial charge in [-0.15, -0.1) is 11.3 Å². The van der Waals surface area contributed by atoms with E-state index in [1.807, 2.05) is 6.08 Å². The molecular weight excluding hydrogens is 340 g/mol. The van der Waals surface area contributed by atoms with Crippen molar-refractivity contribution in [3.63, 3.8) is 0 Å². The van der Waals surface area contributed by atoms with Crippen molar-refractivity contribution in [3.05, 3.63) is 28.2 Å². The predicted octanol–water partition coefficient (Wildman–Crippen LogP) is 2.58. The number of anilines is 1. The maximum absolute atomic E-state index is 12.7. The normalized spacial score (nSPS) is 25.2. The van der Waals surface area contributed by atoms with Crippen molar-refractivity contribution in [3.8, 4) is 0 Å². The van der Waals surface area contributed by atoms with Gasteiger partial charge in [0.1, 0.15) is 5.00 Å². The Bertz CT molecular complexity index is 753. The second kappa shape index (κ2) is 7.00. The Balaban J connectivity index is 1.87. The zero-order chi connectivity index (χ0) is 18.1. The van der Waals surface area contributed by atoms with Gasteiger partial charge in [-0.2, -0.15) is 0 Å². The topological polar surface area (TPSA) is 109 Å². The SMILES string of the molecule is C[C@@H]1CCc2c(sc(NC(=O)[C@H]3CC=CC[C@H]3C(=O)O)c2C(N)=O)C1. The average molecular weight is 362 g/mol. The molecule has 0 unspecified atom stereocenters. The van der Waals surface area contributed by atoms with Gasteiger partial charge in [-0.05, 0) is 43.6 Å². The number of rotatable bonds is 4. The summed E-state index contributed by atoms with van der Waals surface area (Å²) in [6.45, 7) is 2.16. The molecule has 0 radical (unpaired) electrons. The summed E-state index contributed by atoms with van der Waals surface area (Å²) in [4.78, 5) is 37.1. The molecular formula is C18H22N2O4S. The van der Waals surface area contributed by atoms with E-state index in [1.54, 1.807) is 6.08 Å². The summed E-state index contributed by atoms with van der Waals surface area (Å²) in [7, 11) is 0. The molecule has 25 heavy (non-hydrogen) atoms. The Kier molecular flexibility index (Phi) is 4.94. The number of carboxylic acids is 1.